The molecule has 3 nitrogen and oxygen atoms in total. The fourth-order valence-corrected chi connectivity index (χ4v) is 3.48. The minimum atomic E-state index is -0.664. The van der Waals surface area contributed by atoms with E-state index in [1.54, 1.807) is 6.20 Å². The number of fused-ring (bicyclic) bond motifs is 1. The third-order valence-corrected chi connectivity index (χ3v) is 4.55. The molecule has 1 aromatic carbocycles. The van der Waals surface area contributed by atoms with Gasteiger partial charge in [0.15, 0.2) is 0 Å². The van der Waals surface area contributed by atoms with Crippen LogP contribution < -0.4 is 0 Å². The van der Waals surface area contributed by atoms with Crippen molar-refractivity contribution in [2.24, 2.45) is 11.8 Å². The number of carbonyl (C=O) groups is 1. The van der Waals surface area contributed by atoms with Crippen LogP contribution >= 0.6 is 0 Å². The topological polar surface area (TPSA) is 50.2 Å². The Morgan fingerprint density at radius 2 is 2.15 bits per heavy atom. The van der Waals surface area contributed by atoms with Crippen LogP contribution in [-0.4, -0.2) is 16.1 Å². The summed E-state index contributed by atoms with van der Waals surface area (Å²) in [4.78, 5) is 15.8. The zero-order valence-electron chi connectivity index (χ0n) is 11.6. The summed E-state index contributed by atoms with van der Waals surface area (Å²) in [6.07, 6.45) is 6.38. The van der Waals surface area contributed by atoms with E-state index in [-0.39, 0.29) is 11.8 Å². The molecule has 1 saturated carbocycles. The second-order valence-electron chi connectivity index (χ2n) is 5.91. The number of rotatable bonds is 2. The molecule has 3 atom stereocenters. The monoisotopic (exact) mass is 269 g/mol. The van der Waals surface area contributed by atoms with Crippen molar-refractivity contribution in [3.63, 3.8) is 0 Å². The van der Waals surface area contributed by atoms with Gasteiger partial charge in [0.05, 0.1) is 5.92 Å². The summed E-state index contributed by atoms with van der Waals surface area (Å²) in [6, 6.07) is 8.14. The summed E-state index contributed by atoms with van der Waals surface area (Å²) in [7, 11) is 0. The molecule has 0 amide bonds. The van der Waals surface area contributed by atoms with Crippen LogP contribution in [0.3, 0.4) is 0 Å². The first-order valence-electron chi connectivity index (χ1n) is 7.22. The molecule has 0 bridgehead atoms. The summed E-state index contributed by atoms with van der Waals surface area (Å²) in [5.74, 6) is -0.244. The first kappa shape index (κ1) is 13.1. The zero-order valence-corrected chi connectivity index (χ0v) is 11.6. The molecule has 3 unspecified atom stereocenters. The number of benzene rings is 1. The molecule has 1 aliphatic rings. The Hall–Kier alpha value is -1.90. The van der Waals surface area contributed by atoms with E-state index in [2.05, 4.69) is 24.0 Å². The smallest absolute Gasteiger partial charge is 0.307 e. The van der Waals surface area contributed by atoms with Gasteiger partial charge in [-0.3, -0.25) is 9.78 Å². The summed E-state index contributed by atoms with van der Waals surface area (Å²) in [5, 5.41) is 11.7. The van der Waals surface area contributed by atoms with Gasteiger partial charge < -0.3 is 5.11 Å². The lowest BCUT2D eigenvalue weighted by molar-refractivity contribution is -0.143. The number of carboxylic acid groups (broad SMARTS) is 1. The Kier molecular flexibility index (Phi) is 3.43. The Balaban J connectivity index is 2.09. The van der Waals surface area contributed by atoms with E-state index in [9.17, 15) is 9.90 Å². The molecule has 1 aliphatic carbocycles. The first-order valence-corrected chi connectivity index (χ1v) is 7.22. The Morgan fingerprint density at radius 1 is 1.30 bits per heavy atom. The Labute approximate surface area is 118 Å². The summed E-state index contributed by atoms with van der Waals surface area (Å²) in [5.41, 5.74) is 1.15. The average molecular weight is 269 g/mol. The Bertz CT molecular complexity index is 632. The fourth-order valence-electron chi connectivity index (χ4n) is 3.48. The SMILES string of the molecule is CC1CCC(C(=O)O)C(c2cccc3ccncc23)C1. The zero-order chi connectivity index (χ0) is 14.1. The molecule has 1 fully saturated rings. The summed E-state index contributed by atoms with van der Waals surface area (Å²) >= 11 is 0. The van der Waals surface area contributed by atoms with Gasteiger partial charge >= 0.3 is 5.97 Å². The lowest BCUT2D eigenvalue weighted by atomic mass is 9.71. The molecule has 1 heterocycles. The maximum atomic E-state index is 11.6. The number of aliphatic carboxylic acids is 1. The maximum absolute atomic E-state index is 11.6. The highest BCUT2D eigenvalue weighted by Crippen LogP contribution is 2.42. The van der Waals surface area contributed by atoms with Crippen LogP contribution in [-0.2, 0) is 4.79 Å². The van der Waals surface area contributed by atoms with Gasteiger partial charge in [-0.25, -0.2) is 0 Å². The van der Waals surface area contributed by atoms with E-state index >= 15 is 0 Å². The third kappa shape index (κ3) is 2.28. The van der Waals surface area contributed by atoms with Gasteiger partial charge in [-0.05, 0) is 48.1 Å². The van der Waals surface area contributed by atoms with Crippen molar-refractivity contribution < 1.29 is 9.90 Å². The normalized spacial score (nSPS) is 26.6. The number of carboxylic acids is 1. The number of pyridine rings is 1. The number of hydrogen-bond donors (Lipinski definition) is 1. The molecule has 0 aliphatic heterocycles. The number of aromatic nitrogens is 1. The maximum Gasteiger partial charge on any atom is 0.307 e. The molecule has 104 valence electrons. The molecule has 0 radical (unpaired) electrons. The van der Waals surface area contributed by atoms with Gasteiger partial charge in [-0.1, -0.05) is 25.1 Å². The lowest BCUT2D eigenvalue weighted by Crippen LogP contribution is -2.28. The van der Waals surface area contributed by atoms with E-state index in [4.69, 9.17) is 0 Å². The second kappa shape index (κ2) is 5.23. The highest BCUT2D eigenvalue weighted by Gasteiger charge is 2.35. The second-order valence-corrected chi connectivity index (χ2v) is 5.91. The van der Waals surface area contributed by atoms with Gasteiger partial charge in [0.1, 0.15) is 0 Å². The average Bonchev–Trinajstić information content (AvgIpc) is 2.46. The molecular weight excluding hydrogens is 250 g/mol. The standard InChI is InChI=1S/C17H19NO2/c1-11-5-6-14(17(19)20)15(9-11)13-4-2-3-12-7-8-18-10-16(12)13/h2-4,7-8,10-11,14-15H,5-6,9H2,1H3,(H,19,20). The van der Waals surface area contributed by atoms with Crippen LogP contribution in [0.2, 0.25) is 0 Å². The number of nitrogens with zero attached hydrogens (tertiary/aromatic N) is 1. The predicted octanol–water partition coefficient (Wildman–Crippen LogP) is 3.84. The predicted molar refractivity (Wildman–Crippen MR) is 78.6 cm³/mol. The van der Waals surface area contributed by atoms with Gasteiger partial charge in [0, 0.05) is 17.8 Å². The minimum Gasteiger partial charge on any atom is -0.481 e. The van der Waals surface area contributed by atoms with Gasteiger partial charge in [-0.2, -0.15) is 0 Å². The van der Waals surface area contributed by atoms with Gasteiger partial charge in [0.2, 0.25) is 0 Å². The van der Waals surface area contributed by atoms with Crippen LogP contribution in [0.1, 0.15) is 37.7 Å². The van der Waals surface area contributed by atoms with Crippen molar-refractivity contribution in [2.75, 3.05) is 0 Å². The van der Waals surface area contributed by atoms with Crippen molar-refractivity contribution >= 4 is 16.7 Å². The molecule has 0 saturated heterocycles. The van der Waals surface area contributed by atoms with Crippen LogP contribution in [0.5, 0.6) is 0 Å². The molecule has 20 heavy (non-hydrogen) atoms. The van der Waals surface area contributed by atoms with Crippen molar-refractivity contribution in [2.45, 2.75) is 32.1 Å². The highest BCUT2D eigenvalue weighted by molar-refractivity contribution is 5.86. The quantitative estimate of drug-likeness (QED) is 0.901. The molecule has 3 heteroatoms. The molecule has 1 N–H and O–H groups in total. The fraction of sp³-hybridized carbons (Fsp3) is 0.412. The van der Waals surface area contributed by atoms with Gasteiger partial charge in [-0.15, -0.1) is 0 Å². The van der Waals surface area contributed by atoms with Crippen LogP contribution in [0.15, 0.2) is 36.7 Å². The molecule has 2 aromatic rings. The van der Waals surface area contributed by atoms with E-state index in [0.717, 1.165) is 35.6 Å². The van der Waals surface area contributed by atoms with Crippen LogP contribution in [0, 0.1) is 11.8 Å². The van der Waals surface area contributed by atoms with Crippen LogP contribution in [0.25, 0.3) is 10.8 Å². The van der Waals surface area contributed by atoms with Crippen molar-refractivity contribution in [3.05, 3.63) is 42.2 Å². The van der Waals surface area contributed by atoms with Gasteiger partial charge in [0.25, 0.3) is 0 Å². The van der Waals surface area contributed by atoms with E-state index < -0.39 is 5.97 Å². The third-order valence-electron chi connectivity index (χ3n) is 4.55. The molecule has 3 rings (SSSR count). The Morgan fingerprint density at radius 3 is 2.95 bits per heavy atom. The van der Waals surface area contributed by atoms with Crippen molar-refractivity contribution in [1.82, 2.24) is 4.98 Å². The van der Waals surface area contributed by atoms with Crippen molar-refractivity contribution in [1.29, 1.82) is 0 Å². The minimum absolute atomic E-state index is 0.101. The largest absolute Gasteiger partial charge is 0.481 e. The van der Waals surface area contributed by atoms with E-state index in [0.29, 0.717) is 5.92 Å². The summed E-state index contributed by atoms with van der Waals surface area (Å²) < 4.78 is 0. The molecule has 1 aromatic heterocycles. The lowest BCUT2D eigenvalue weighted by Gasteiger charge is -2.33. The van der Waals surface area contributed by atoms with Crippen molar-refractivity contribution in [3.8, 4) is 0 Å². The van der Waals surface area contributed by atoms with Crippen LogP contribution in [0.4, 0.5) is 0 Å². The summed E-state index contributed by atoms with van der Waals surface area (Å²) in [6.45, 7) is 2.22. The van der Waals surface area contributed by atoms with E-state index in [1.165, 1.54) is 0 Å². The van der Waals surface area contributed by atoms with E-state index in [1.807, 2.05) is 18.3 Å². The highest BCUT2D eigenvalue weighted by atomic mass is 16.4. The molecular formula is C17H19NO2. The first-order chi connectivity index (χ1) is 9.66. The molecule has 0 spiro atoms. The number of hydrogen-bond acceptors (Lipinski definition) is 2.